The lowest BCUT2D eigenvalue weighted by Crippen LogP contribution is -2.34. The lowest BCUT2D eigenvalue weighted by Gasteiger charge is -2.26. The molecule has 0 saturated carbocycles. The Kier molecular flexibility index (Phi) is 7.54. The summed E-state index contributed by atoms with van der Waals surface area (Å²) in [7, 11) is 4.18. The molecule has 0 spiro atoms. The summed E-state index contributed by atoms with van der Waals surface area (Å²) >= 11 is 0. The number of amides is 1. The Bertz CT molecular complexity index is 182. The van der Waals surface area contributed by atoms with Crippen LogP contribution in [0.1, 0.15) is 52.9 Å². The molecular formula is C12H26BNO. The van der Waals surface area contributed by atoms with Crippen LogP contribution in [0.15, 0.2) is 0 Å². The summed E-state index contributed by atoms with van der Waals surface area (Å²) in [5.74, 6) is 0.987. The van der Waals surface area contributed by atoms with Gasteiger partial charge < -0.3 is 4.90 Å². The van der Waals surface area contributed by atoms with Gasteiger partial charge in [0.2, 0.25) is 5.91 Å². The van der Waals surface area contributed by atoms with Crippen molar-refractivity contribution in [2.75, 3.05) is 7.05 Å². The molecule has 0 heterocycles. The molecule has 1 amide bonds. The summed E-state index contributed by atoms with van der Waals surface area (Å²) in [6.45, 7) is 6.07. The zero-order valence-electron chi connectivity index (χ0n) is 11.0. The van der Waals surface area contributed by atoms with Crippen LogP contribution in [0.4, 0.5) is 0 Å². The highest BCUT2D eigenvalue weighted by Crippen LogP contribution is 2.15. The highest BCUT2D eigenvalue weighted by atomic mass is 16.2. The van der Waals surface area contributed by atoms with E-state index in [1.807, 2.05) is 11.9 Å². The second-order valence-corrected chi connectivity index (χ2v) is 4.87. The van der Waals surface area contributed by atoms with Crippen molar-refractivity contribution in [3.8, 4) is 0 Å². The van der Waals surface area contributed by atoms with Crippen molar-refractivity contribution in [3.05, 3.63) is 0 Å². The third-order valence-electron chi connectivity index (χ3n) is 3.08. The molecule has 88 valence electrons. The first-order valence-electron chi connectivity index (χ1n) is 6.22. The van der Waals surface area contributed by atoms with Gasteiger partial charge in [-0.25, -0.2) is 0 Å². The molecule has 0 N–H and O–H groups in total. The minimum atomic E-state index is 0.186. The Labute approximate surface area is 95.8 Å². The fourth-order valence-electron chi connectivity index (χ4n) is 1.86. The van der Waals surface area contributed by atoms with Crippen LogP contribution in [-0.2, 0) is 4.79 Å². The summed E-state index contributed by atoms with van der Waals surface area (Å²) in [5.41, 5.74) is 0. The van der Waals surface area contributed by atoms with Crippen molar-refractivity contribution < 1.29 is 4.79 Å². The fourth-order valence-corrected chi connectivity index (χ4v) is 1.86. The molecular weight excluding hydrogens is 185 g/mol. The molecule has 0 bridgehead atoms. The van der Waals surface area contributed by atoms with Gasteiger partial charge in [0.25, 0.3) is 0 Å². The summed E-state index contributed by atoms with van der Waals surface area (Å²) < 4.78 is 0. The summed E-state index contributed by atoms with van der Waals surface area (Å²) in [6.07, 6.45) is 6.06. The molecule has 0 saturated heterocycles. The number of hydrogen-bond acceptors (Lipinski definition) is 1. The maximum Gasteiger partial charge on any atom is 0.219 e. The normalized spacial score (nSPS) is 14.7. The number of carbonyl (C=O) groups excluding carboxylic acids is 1. The number of hydrogen-bond donors (Lipinski definition) is 0. The van der Waals surface area contributed by atoms with E-state index in [4.69, 9.17) is 0 Å². The second kappa shape index (κ2) is 7.78. The number of rotatable bonds is 7. The van der Waals surface area contributed by atoms with E-state index in [9.17, 15) is 4.79 Å². The molecule has 0 aliphatic rings. The van der Waals surface area contributed by atoms with Crippen molar-refractivity contribution in [1.29, 1.82) is 0 Å². The predicted octanol–water partition coefficient (Wildman–Crippen LogP) is 2.25. The van der Waals surface area contributed by atoms with Gasteiger partial charge in [-0.05, 0) is 12.8 Å². The average Bonchev–Trinajstić information content (AvgIpc) is 2.16. The SMILES string of the molecule is BC(C)CCCCC(CC)N(C)C(C)=O. The highest BCUT2D eigenvalue weighted by molar-refractivity contribution is 6.11. The number of nitrogens with zero attached hydrogens (tertiary/aromatic N) is 1. The smallest absolute Gasteiger partial charge is 0.219 e. The van der Waals surface area contributed by atoms with Gasteiger partial charge in [-0.3, -0.25) is 4.79 Å². The standard InChI is InChI=1S/C12H26BNO/c1-5-12(14(4)11(3)15)9-7-6-8-10(2)13/h10,12H,5-9,13H2,1-4H3. The molecule has 0 aromatic heterocycles. The van der Waals surface area contributed by atoms with Gasteiger partial charge in [-0.1, -0.05) is 38.9 Å². The summed E-state index contributed by atoms with van der Waals surface area (Å²) in [6, 6.07) is 0.440. The van der Waals surface area contributed by atoms with Gasteiger partial charge in [-0.2, -0.15) is 0 Å². The molecule has 0 rings (SSSR count). The van der Waals surface area contributed by atoms with E-state index in [0.29, 0.717) is 6.04 Å². The third kappa shape index (κ3) is 6.59. The van der Waals surface area contributed by atoms with E-state index in [2.05, 4.69) is 21.7 Å². The van der Waals surface area contributed by atoms with Crippen molar-refractivity contribution in [2.24, 2.45) is 0 Å². The Balaban J connectivity index is 3.75. The van der Waals surface area contributed by atoms with Crippen LogP contribution < -0.4 is 0 Å². The van der Waals surface area contributed by atoms with E-state index in [1.54, 1.807) is 6.92 Å². The Morgan fingerprint density at radius 3 is 2.27 bits per heavy atom. The third-order valence-corrected chi connectivity index (χ3v) is 3.08. The van der Waals surface area contributed by atoms with Crippen molar-refractivity contribution >= 4 is 13.8 Å². The molecule has 2 nitrogen and oxygen atoms in total. The predicted molar refractivity (Wildman–Crippen MR) is 69.0 cm³/mol. The Morgan fingerprint density at radius 2 is 1.87 bits per heavy atom. The van der Waals surface area contributed by atoms with E-state index in [0.717, 1.165) is 18.7 Å². The van der Waals surface area contributed by atoms with Crippen molar-refractivity contribution in [1.82, 2.24) is 4.90 Å². The van der Waals surface area contributed by atoms with Gasteiger partial charge in [0, 0.05) is 20.0 Å². The average molecular weight is 211 g/mol. The summed E-state index contributed by atoms with van der Waals surface area (Å²) in [5, 5.41) is 0. The van der Waals surface area contributed by atoms with Gasteiger partial charge in [-0.15, -0.1) is 0 Å². The lowest BCUT2D eigenvalue weighted by molar-refractivity contribution is -0.129. The van der Waals surface area contributed by atoms with Gasteiger partial charge >= 0.3 is 0 Å². The van der Waals surface area contributed by atoms with Crippen LogP contribution in [0.5, 0.6) is 0 Å². The lowest BCUT2D eigenvalue weighted by atomic mass is 9.85. The molecule has 0 aliphatic heterocycles. The molecule has 0 aromatic carbocycles. The number of unbranched alkanes of at least 4 members (excludes halogenated alkanes) is 1. The van der Waals surface area contributed by atoms with Gasteiger partial charge in [0.15, 0.2) is 0 Å². The summed E-state index contributed by atoms with van der Waals surface area (Å²) in [4.78, 5) is 13.1. The van der Waals surface area contributed by atoms with Gasteiger partial charge in [0.1, 0.15) is 7.85 Å². The molecule has 0 aliphatic carbocycles. The molecule has 0 radical (unpaired) electrons. The first-order valence-corrected chi connectivity index (χ1v) is 6.22. The minimum absolute atomic E-state index is 0.186. The van der Waals surface area contributed by atoms with Crippen molar-refractivity contribution in [2.45, 2.75) is 64.7 Å². The topological polar surface area (TPSA) is 20.3 Å². The second-order valence-electron chi connectivity index (χ2n) is 4.87. The molecule has 2 atom stereocenters. The first kappa shape index (κ1) is 14.5. The van der Waals surface area contributed by atoms with Crippen LogP contribution >= 0.6 is 0 Å². The molecule has 15 heavy (non-hydrogen) atoms. The number of carbonyl (C=O) groups is 1. The Morgan fingerprint density at radius 1 is 1.33 bits per heavy atom. The zero-order chi connectivity index (χ0) is 11.8. The van der Waals surface area contributed by atoms with Crippen LogP contribution in [0, 0.1) is 0 Å². The van der Waals surface area contributed by atoms with E-state index in [1.165, 1.54) is 19.3 Å². The highest BCUT2D eigenvalue weighted by Gasteiger charge is 2.14. The quantitative estimate of drug-likeness (QED) is 0.467. The first-order chi connectivity index (χ1) is 6.99. The van der Waals surface area contributed by atoms with Gasteiger partial charge in [0.05, 0.1) is 0 Å². The minimum Gasteiger partial charge on any atom is -0.343 e. The van der Waals surface area contributed by atoms with Crippen LogP contribution in [0.2, 0.25) is 5.82 Å². The Hall–Kier alpha value is -0.465. The van der Waals surface area contributed by atoms with Crippen LogP contribution in [0.25, 0.3) is 0 Å². The molecule has 3 heteroatoms. The molecule has 0 aromatic rings. The van der Waals surface area contributed by atoms with Crippen LogP contribution in [0.3, 0.4) is 0 Å². The van der Waals surface area contributed by atoms with Crippen LogP contribution in [-0.4, -0.2) is 31.7 Å². The molecule has 0 fully saturated rings. The van der Waals surface area contributed by atoms with Crippen molar-refractivity contribution in [3.63, 3.8) is 0 Å². The fraction of sp³-hybridized carbons (Fsp3) is 0.917. The van der Waals surface area contributed by atoms with E-state index in [-0.39, 0.29) is 5.91 Å². The monoisotopic (exact) mass is 211 g/mol. The van der Waals surface area contributed by atoms with E-state index < -0.39 is 0 Å². The zero-order valence-corrected chi connectivity index (χ0v) is 11.0. The maximum absolute atomic E-state index is 11.2. The van der Waals surface area contributed by atoms with E-state index >= 15 is 0 Å². The largest absolute Gasteiger partial charge is 0.343 e. The maximum atomic E-state index is 11.2. The molecule has 2 unspecified atom stereocenters.